The highest BCUT2D eigenvalue weighted by molar-refractivity contribution is 5.88. The van der Waals surface area contributed by atoms with Gasteiger partial charge in [-0.25, -0.2) is 10.3 Å². The molecule has 1 heterocycles. The van der Waals surface area contributed by atoms with Gasteiger partial charge in [-0.2, -0.15) is 0 Å². The molecule has 154 valence electrons. The summed E-state index contributed by atoms with van der Waals surface area (Å²) < 4.78 is 10.5. The third-order valence-corrected chi connectivity index (χ3v) is 5.26. The van der Waals surface area contributed by atoms with Crippen LogP contribution in [-0.4, -0.2) is 22.3 Å². The molecule has 1 aliphatic carbocycles. The van der Waals surface area contributed by atoms with Crippen LogP contribution >= 0.6 is 0 Å². The summed E-state index contributed by atoms with van der Waals surface area (Å²) in [5, 5.41) is 8.65. The van der Waals surface area contributed by atoms with E-state index in [1.807, 2.05) is 30.3 Å². The second-order valence-electron chi connectivity index (χ2n) is 7.29. The minimum Gasteiger partial charge on any atom is -0.487 e. The van der Waals surface area contributed by atoms with Crippen molar-refractivity contribution in [1.29, 1.82) is 0 Å². The van der Waals surface area contributed by atoms with Gasteiger partial charge in [0.25, 0.3) is 0 Å². The summed E-state index contributed by atoms with van der Waals surface area (Å²) >= 11 is 0. The summed E-state index contributed by atoms with van der Waals surface area (Å²) in [6, 6.07) is 12.9. The lowest BCUT2D eigenvalue weighted by Crippen LogP contribution is -2.28. The van der Waals surface area contributed by atoms with Crippen molar-refractivity contribution >= 4 is 12.1 Å². The maximum atomic E-state index is 12.5. The number of amides is 1. The fourth-order valence-corrected chi connectivity index (χ4v) is 3.75. The van der Waals surface area contributed by atoms with Gasteiger partial charge in [0, 0.05) is 6.20 Å². The Bertz CT molecular complexity index is 789. The van der Waals surface area contributed by atoms with E-state index in [2.05, 4.69) is 4.98 Å². The first-order valence-electron chi connectivity index (χ1n) is 9.94. The van der Waals surface area contributed by atoms with Crippen LogP contribution in [0.15, 0.2) is 48.7 Å². The first-order valence-corrected chi connectivity index (χ1v) is 9.94. The summed E-state index contributed by atoms with van der Waals surface area (Å²) in [6.07, 6.45) is 6.84. The fraction of sp³-hybridized carbons (Fsp3) is 0.409. The van der Waals surface area contributed by atoms with Crippen LogP contribution in [0.5, 0.6) is 5.75 Å². The first kappa shape index (κ1) is 20.8. The van der Waals surface area contributed by atoms with Crippen molar-refractivity contribution in [3.05, 3.63) is 59.9 Å². The van der Waals surface area contributed by atoms with Crippen molar-refractivity contribution in [3.8, 4) is 5.75 Å². The number of esters is 1. The highest BCUT2D eigenvalue weighted by atomic mass is 16.6. The molecule has 0 aliphatic heterocycles. The van der Waals surface area contributed by atoms with Crippen LogP contribution in [0, 0.1) is 5.92 Å². The largest absolute Gasteiger partial charge is 0.487 e. The summed E-state index contributed by atoms with van der Waals surface area (Å²) in [6.45, 7) is 0.352. The maximum Gasteiger partial charge on any atom is 0.438 e. The van der Waals surface area contributed by atoms with Gasteiger partial charge in [0.05, 0.1) is 11.6 Å². The number of pyridine rings is 1. The SMILES string of the molecule is O=C(NO)OC(=O)C(CC1CCCCC1)c1ccc(OCc2ccccn2)cc1. The smallest absolute Gasteiger partial charge is 0.438 e. The molecule has 1 aromatic heterocycles. The van der Waals surface area contributed by atoms with Gasteiger partial charge < -0.3 is 9.47 Å². The summed E-state index contributed by atoms with van der Waals surface area (Å²) in [4.78, 5) is 28.1. The highest BCUT2D eigenvalue weighted by Gasteiger charge is 2.28. The summed E-state index contributed by atoms with van der Waals surface area (Å²) in [5.74, 6) is -0.152. The van der Waals surface area contributed by atoms with E-state index in [4.69, 9.17) is 14.7 Å². The molecule has 2 N–H and O–H groups in total. The molecule has 1 aliphatic rings. The Labute approximate surface area is 170 Å². The lowest BCUT2D eigenvalue weighted by Gasteiger charge is -2.25. The number of hydroxylamine groups is 1. The van der Waals surface area contributed by atoms with E-state index < -0.39 is 18.0 Å². The topological polar surface area (TPSA) is 97.8 Å². The maximum absolute atomic E-state index is 12.5. The lowest BCUT2D eigenvalue weighted by molar-refractivity contribution is -0.140. The van der Waals surface area contributed by atoms with Crippen LogP contribution in [0.4, 0.5) is 4.79 Å². The van der Waals surface area contributed by atoms with Gasteiger partial charge in [-0.15, -0.1) is 0 Å². The molecule has 1 fully saturated rings. The Kier molecular flexibility index (Phi) is 7.58. The van der Waals surface area contributed by atoms with Gasteiger partial charge in [-0.05, 0) is 42.2 Å². The number of rotatable bonds is 7. The van der Waals surface area contributed by atoms with Crippen LogP contribution in [0.3, 0.4) is 0 Å². The van der Waals surface area contributed by atoms with Crippen LogP contribution in [0.1, 0.15) is 55.7 Å². The second-order valence-corrected chi connectivity index (χ2v) is 7.29. The number of nitrogens with one attached hydrogen (secondary N) is 1. The molecule has 1 amide bonds. The van der Waals surface area contributed by atoms with Crippen molar-refractivity contribution in [3.63, 3.8) is 0 Å². The van der Waals surface area contributed by atoms with Gasteiger partial charge in [-0.3, -0.25) is 15.0 Å². The molecule has 0 radical (unpaired) electrons. The standard InChI is InChI=1S/C22H26N2O5/c25-21(29-22(26)24-27)20(14-16-6-2-1-3-7-16)17-9-11-19(12-10-17)28-15-18-8-4-5-13-23-18/h4-5,8-13,16,20,27H,1-3,6-7,14-15H2,(H,24,26). The minimum absolute atomic E-state index is 0.352. The predicted molar refractivity (Wildman–Crippen MR) is 105 cm³/mol. The van der Waals surface area contributed by atoms with Gasteiger partial charge >= 0.3 is 12.1 Å². The molecule has 1 atom stereocenters. The van der Waals surface area contributed by atoms with E-state index in [-0.39, 0.29) is 0 Å². The minimum atomic E-state index is -1.17. The van der Waals surface area contributed by atoms with E-state index >= 15 is 0 Å². The number of ether oxygens (including phenoxy) is 2. The van der Waals surface area contributed by atoms with Gasteiger partial charge in [0.2, 0.25) is 0 Å². The lowest BCUT2D eigenvalue weighted by atomic mass is 9.80. The number of nitrogens with zero attached hydrogens (tertiary/aromatic N) is 1. The molecular weight excluding hydrogens is 372 g/mol. The third-order valence-electron chi connectivity index (χ3n) is 5.26. The van der Waals surface area contributed by atoms with E-state index in [0.29, 0.717) is 24.7 Å². The number of hydrogen-bond donors (Lipinski definition) is 2. The van der Waals surface area contributed by atoms with Crippen molar-refractivity contribution in [2.24, 2.45) is 5.92 Å². The molecule has 1 saturated carbocycles. The predicted octanol–water partition coefficient (Wildman–Crippen LogP) is 4.36. The van der Waals surface area contributed by atoms with E-state index in [1.165, 1.54) is 11.9 Å². The van der Waals surface area contributed by atoms with Crippen LogP contribution < -0.4 is 10.2 Å². The molecule has 7 heteroatoms. The third kappa shape index (κ3) is 6.29. The Hall–Kier alpha value is -2.93. The number of carbonyl (C=O) groups is 2. The van der Waals surface area contributed by atoms with Crippen molar-refractivity contribution in [1.82, 2.24) is 10.5 Å². The Balaban J connectivity index is 1.68. The zero-order chi connectivity index (χ0) is 20.5. The van der Waals surface area contributed by atoms with Crippen molar-refractivity contribution in [2.45, 2.75) is 51.0 Å². The molecule has 2 aromatic rings. The first-order chi connectivity index (χ1) is 14.2. The van der Waals surface area contributed by atoms with Crippen molar-refractivity contribution in [2.75, 3.05) is 0 Å². The monoisotopic (exact) mass is 398 g/mol. The average molecular weight is 398 g/mol. The molecule has 0 spiro atoms. The molecule has 1 unspecified atom stereocenters. The molecular formula is C22H26N2O5. The Morgan fingerprint density at radius 3 is 2.52 bits per heavy atom. The van der Waals surface area contributed by atoms with Crippen molar-refractivity contribution < 1.29 is 24.3 Å². The molecule has 3 rings (SSSR count). The Morgan fingerprint density at radius 2 is 1.86 bits per heavy atom. The summed E-state index contributed by atoms with van der Waals surface area (Å²) in [5.41, 5.74) is 2.92. The molecule has 7 nitrogen and oxygen atoms in total. The zero-order valence-electron chi connectivity index (χ0n) is 16.3. The number of benzene rings is 1. The number of aromatic nitrogens is 1. The van der Waals surface area contributed by atoms with Gasteiger partial charge in [0.15, 0.2) is 0 Å². The van der Waals surface area contributed by atoms with E-state index in [1.54, 1.807) is 18.3 Å². The second kappa shape index (κ2) is 10.6. The van der Waals surface area contributed by atoms with Crippen LogP contribution in [-0.2, 0) is 16.1 Å². The summed E-state index contributed by atoms with van der Waals surface area (Å²) in [7, 11) is 0. The molecule has 0 saturated heterocycles. The number of hydrogen-bond acceptors (Lipinski definition) is 6. The Morgan fingerprint density at radius 1 is 1.10 bits per heavy atom. The molecule has 0 bridgehead atoms. The normalized spacial score (nSPS) is 15.3. The quantitative estimate of drug-likeness (QED) is 0.311. The molecule has 29 heavy (non-hydrogen) atoms. The fourth-order valence-electron chi connectivity index (χ4n) is 3.75. The van der Waals surface area contributed by atoms with E-state index in [9.17, 15) is 9.59 Å². The average Bonchev–Trinajstić information content (AvgIpc) is 2.77. The van der Waals surface area contributed by atoms with E-state index in [0.717, 1.165) is 36.9 Å². The zero-order valence-corrected chi connectivity index (χ0v) is 16.3. The molecule has 1 aromatic carbocycles. The highest BCUT2D eigenvalue weighted by Crippen LogP contribution is 2.34. The number of carbonyl (C=O) groups excluding carboxylic acids is 2. The van der Waals surface area contributed by atoms with Crippen LogP contribution in [0.25, 0.3) is 0 Å². The van der Waals surface area contributed by atoms with Gasteiger partial charge in [0.1, 0.15) is 12.4 Å². The van der Waals surface area contributed by atoms with Gasteiger partial charge in [-0.1, -0.05) is 50.3 Å². The van der Waals surface area contributed by atoms with Crippen LogP contribution in [0.2, 0.25) is 0 Å².